The lowest BCUT2D eigenvalue weighted by Gasteiger charge is -2.32. The molecule has 9 nitrogen and oxygen atoms in total. The summed E-state index contributed by atoms with van der Waals surface area (Å²) in [7, 11) is 0. The highest BCUT2D eigenvalue weighted by Gasteiger charge is 2.52. The number of amidine groups is 1. The Labute approximate surface area is 175 Å². The van der Waals surface area contributed by atoms with Crippen LogP contribution in [0, 0.1) is 0 Å². The zero-order valence-corrected chi connectivity index (χ0v) is 16.7. The number of hydrogen-bond acceptors (Lipinski definition) is 7. The molecule has 0 radical (unpaired) electrons. The molecule has 11 heteroatoms. The van der Waals surface area contributed by atoms with E-state index in [9.17, 15) is 15.3 Å². The number of hydrogen-bond donors (Lipinski definition) is 4. The molecule has 0 spiro atoms. The predicted octanol–water partition coefficient (Wildman–Crippen LogP) is 1.48. The lowest BCUT2D eigenvalue weighted by Crippen LogP contribution is -2.45. The van der Waals surface area contributed by atoms with Crippen LogP contribution in [0.3, 0.4) is 0 Å². The summed E-state index contributed by atoms with van der Waals surface area (Å²) in [6.45, 7) is 1.46. The summed E-state index contributed by atoms with van der Waals surface area (Å²) >= 11 is 12.0. The Balaban J connectivity index is 1.67. The van der Waals surface area contributed by atoms with Crippen molar-refractivity contribution in [3.8, 4) is 0 Å². The van der Waals surface area contributed by atoms with Gasteiger partial charge in [0.05, 0.1) is 22.1 Å². The summed E-state index contributed by atoms with van der Waals surface area (Å²) < 4.78 is 7.44. The van der Waals surface area contributed by atoms with E-state index in [1.165, 1.54) is 36.2 Å². The number of aliphatic hydroxyl groups excluding tert-OH is 2. The lowest BCUT2D eigenvalue weighted by atomic mass is 9.87. The van der Waals surface area contributed by atoms with Crippen molar-refractivity contribution in [1.29, 1.82) is 0 Å². The van der Waals surface area contributed by atoms with Crippen molar-refractivity contribution in [2.24, 2.45) is 10.1 Å². The van der Waals surface area contributed by atoms with Gasteiger partial charge in [0, 0.05) is 12.6 Å². The third kappa shape index (κ3) is 3.24. The Bertz CT molecular complexity index is 1010. The topological polar surface area (TPSA) is 133 Å². The zero-order valence-electron chi connectivity index (χ0n) is 15.1. The van der Waals surface area contributed by atoms with Gasteiger partial charge in [-0.3, -0.25) is 0 Å². The first-order valence-corrected chi connectivity index (χ1v) is 9.51. The molecule has 1 aromatic carbocycles. The molecule has 0 saturated carbocycles. The molecule has 4 rings (SSSR count). The van der Waals surface area contributed by atoms with E-state index in [-0.39, 0.29) is 10.9 Å². The summed E-state index contributed by atoms with van der Waals surface area (Å²) in [5.74, 6) is 0.0392. The maximum atomic E-state index is 11.1. The van der Waals surface area contributed by atoms with Crippen molar-refractivity contribution >= 4 is 35.3 Å². The van der Waals surface area contributed by atoms with Gasteiger partial charge < -0.3 is 29.8 Å². The molecule has 3 heterocycles. The maximum Gasteiger partial charge on any atom is 0.218 e. The summed E-state index contributed by atoms with van der Waals surface area (Å²) in [6.07, 6.45) is -1.62. The van der Waals surface area contributed by atoms with Gasteiger partial charge in [0.2, 0.25) is 5.84 Å². The molecule has 154 valence electrons. The van der Waals surface area contributed by atoms with Crippen LogP contribution >= 0.6 is 23.2 Å². The number of benzene rings is 1. The second-order valence-corrected chi connectivity index (χ2v) is 7.91. The number of oxime groups is 1. The van der Waals surface area contributed by atoms with Crippen LogP contribution in [0.1, 0.15) is 30.1 Å². The van der Waals surface area contributed by atoms with Crippen LogP contribution in [0.5, 0.6) is 0 Å². The standard InChI is InChI=1S/C18H18Cl2N4O5/c1-18(27,8-2-3-9(19)10(20)6-8)15-13(25)14(26)17(29-15)24-7-22-12-11(24)4-5-21-16(12)23-28/h2-3,5-7,13-15,17,25-28H,4H2,1H3/b23-16-/t13-,14+,15-,17+,18+/m0/s1. The van der Waals surface area contributed by atoms with Crippen molar-refractivity contribution in [3.63, 3.8) is 0 Å². The van der Waals surface area contributed by atoms with E-state index >= 15 is 0 Å². The Kier molecular flexibility index (Phi) is 5.14. The highest BCUT2D eigenvalue weighted by molar-refractivity contribution is 6.42. The third-order valence-corrected chi connectivity index (χ3v) is 6.01. The molecule has 0 bridgehead atoms. The smallest absolute Gasteiger partial charge is 0.218 e. The molecule has 1 aromatic heterocycles. The molecule has 5 atom stereocenters. The number of rotatable bonds is 3. The fourth-order valence-corrected chi connectivity index (χ4v) is 3.97. The van der Waals surface area contributed by atoms with Gasteiger partial charge in [-0.15, -0.1) is 0 Å². The molecule has 1 saturated heterocycles. The third-order valence-electron chi connectivity index (χ3n) is 5.27. The second-order valence-electron chi connectivity index (χ2n) is 7.09. The van der Waals surface area contributed by atoms with Crippen molar-refractivity contribution in [1.82, 2.24) is 9.55 Å². The Morgan fingerprint density at radius 2 is 2.00 bits per heavy atom. The minimum Gasteiger partial charge on any atom is -0.409 e. The first kappa shape index (κ1) is 20.3. The molecule has 29 heavy (non-hydrogen) atoms. The number of ether oxygens (including phenoxy) is 1. The molecular weight excluding hydrogens is 423 g/mol. The zero-order chi connectivity index (χ0) is 20.9. The molecule has 2 aromatic rings. The van der Waals surface area contributed by atoms with Crippen LogP contribution in [0.4, 0.5) is 0 Å². The van der Waals surface area contributed by atoms with E-state index in [0.29, 0.717) is 28.4 Å². The molecule has 4 N–H and O–H groups in total. The molecular formula is C18H18Cl2N4O5. The van der Waals surface area contributed by atoms with Gasteiger partial charge in [0.15, 0.2) is 6.23 Å². The monoisotopic (exact) mass is 440 g/mol. The molecule has 2 aliphatic rings. The van der Waals surface area contributed by atoms with Crippen molar-refractivity contribution in [3.05, 3.63) is 51.5 Å². The fourth-order valence-electron chi connectivity index (χ4n) is 3.68. The van der Waals surface area contributed by atoms with E-state index in [0.717, 1.165) is 0 Å². The summed E-state index contributed by atoms with van der Waals surface area (Å²) in [4.78, 5) is 8.13. The van der Waals surface area contributed by atoms with Crippen LogP contribution in [0.2, 0.25) is 10.0 Å². The minimum atomic E-state index is -1.68. The predicted molar refractivity (Wildman–Crippen MR) is 105 cm³/mol. The minimum absolute atomic E-state index is 0.0392. The van der Waals surface area contributed by atoms with E-state index in [2.05, 4.69) is 15.1 Å². The number of aliphatic hydroxyl groups is 3. The number of aromatic nitrogens is 2. The number of imidazole rings is 1. The first-order valence-electron chi connectivity index (χ1n) is 8.76. The van der Waals surface area contributed by atoms with Crippen LogP contribution in [-0.4, -0.2) is 60.4 Å². The SMILES string of the molecule is C[C@@](O)(c1ccc(Cl)c(Cl)c1)[C@H]1O[C@@H](n2cnc3c2CC=N/C3=N\O)[C@H](O)[C@@H]1O. The molecule has 2 aliphatic heterocycles. The quantitative estimate of drug-likeness (QED) is 0.421. The Hall–Kier alpha value is -2.01. The van der Waals surface area contributed by atoms with Crippen molar-refractivity contribution < 1.29 is 25.3 Å². The average molecular weight is 441 g/mol. The van der Waals surface area contributed by atoms with Gasteiger partial charge in [0.1, 0.15) is 29.6 Å². The maximum absolute atomic E-state index is 11.1. The largest absolute Gasteiger partial charge is 0.409 e. The van der Waals surface area contributed by atoms with E-state index in [1.807, 2.05) is 0 Å². The second kappa shape index (κ2) is 7.35. The Morgan fingerprint density at radius 1 is 1.24 bits per heavy atom. The van der Waals surface area contributed by atoms with Crippen LogP contribution in [-0.2, 0) is 16.8 Å². The van der Waals surface area contributed by atoms with E-state index in [4.69, 9.17) is 33.1 Å². The fraction of sp³-hybridized carbons (Fsp3) is 0.389. The highest BCUT2D eigenvalue weighted by atomic mass is 35.5. The molecule has 0 amide bonds. The van der Waals surface area contributed by atoms with Gasteiger partial charge >= 0.3 is 0 Å². The van der Waals surface area contributed by atoms with Crippen LogP contribution < -0.4 is 0 Å². The van der Waals surface area contributed by atoms with E-state index in [1.54, 1.807) is 6.07 Å². The van der Waals surface area contributed by atoms with Gasteiger partial charge in [0.25, 0.3) is 0 Å². The van der Waals surface area contributed by atoms with Crippen LogP contribution in [0.25, 0.3) is 0 Å². The van der Waals surface area contributed by atoms with E-state index < -0.39 is 30.1 Å². The number of aliphatic imine (C=N–C) groups is 1. The number of nitrogens with zero attached hydrogens (tertiary/aromatic N) is 4. The van der Waals surface area contributed by atoms with Crippen LogP contribution in [0.15, 0.2) is 34.7 Å². The Morgan fingerprint density at radius 3 is 2.69 bits per heavy atom. The number of fused-ring (bicyclic) bond motifs is 1. The molecule has 0 unspecified atom stereocenters. The highest BCUT2D eigenvalue weighted by Crippen LogP contribution is 2.41. The number of halogens is 2. The van der Waals surface area contributed by atoms with Gasteiger partial charge in [-0.2, -0.15) is 0 Å². The van der Waals surface area contributed by atoms with Crippen molar-refractivity contribution in [2.45, 2.75) is 43.5 Å². The summed E-state index contributed by atoms with van der Waals surface area (Å²) in [5.41, 5.74) is -0.361. The van der Waals surface area contributed by atoms with Gasteiger partial charge in [-0.1, -0.05) is 34.4 Å². The normalized spacial score (nSPS) is 29.8. The summed E-state index contributed by atoms with van der Waals surface area (Å²) in [5, 5.41) is 45.1. The first-order chi connectivity index (χ1) is 13.8. The summed E-state index contributed by atoms with van der Waals surface area (Å²) in [6, 6.07) is 4.59. The van der Waals surface area contributed by atoms with Gasteiger partial charge in [-0.25, -0.2) is 9.98 Å². The average Bonchev–Trinajstić information content (AvgIpc) is 3.25. The van der Waals surface area contributed by atoms with Gasteiger partial charge in [-0.05, 0) is 24.6 Å². The molecule has 1 fully saturated rings. The van der Waals surface area contributed by atoms with Crippen molar-refractivity contribution in [2.75, 3.05) is 0 Å². The lowest BCUT2D eigenvalue weighted by molar-refractivity contribution is -0.136. The molecule has 0 aliphatic carbocycles.